The van der Waals surface area contributed by atoms with Crippen molar-refractivity contribution in [3.63, 3.8) is 0 Å². The van der Waals surface area contributed by atoms with Gasteiger partial charge in [-0.1, -0.05) is 0 Å². The molecule has 0 rings (SSSR count). The summed E-state index contributed by atoms with van der Waals surface area (Å²) in [5.41, 5.74) is 4.98. The smallest absolute Gasteiger partial charge is 0.236 e. The summed E-state index contributed by atoms with van der Waals surface area (Å²) < 4.78 is 0. The molecule has 0 saturated heterocycles. The van der Waals surface area contributed by atoms with E-state index in [1.807, 2.05) is 13.8 Å². The van der Waals surface area contributed by atoms with Crippen molar-refractivity contribution in [3.8, 4) is 0 Å². The van der Waals surface area contributed by atoms with E-state index in [2.05, 4.69) is 5.32 Å². The Bertz CT molecular complexity index is 217. The molecule has 0 bridgehead atoms. The van der Waals surface area contributed by atoms with Gasteiger partial charge in [0.2, 0.25) is 11.8 Å². The second-order valence-electron chi connectivity index (χ2n) is 3.85. The van der Waals surface area contributed by atoms with E-state index >= 15 is 0 Å². The number of likely N-dealkylation sites (N-methyl/N-ethyl adjacent to an activating group) is 1. The molecule has 0 atom stereocenters. The van der Waals surface area contributed by atoms with Crippen LogP contribution in [0.5, 0.6) is 0 Å². The van der Waals surface area contributed by atoms with Crippen LogP contribution >= 0.6 is 0 Å². The van der Waals surface area contributed by atoms with Crippen molar-refractivity contribution in [1.82, 2.24) is 10.2 Å². The molecule has 0 aromatic rings. The van der Waals surface area contributed by atoms with Crippen molar-refractivity contribution in [2.45, 2.75) is 32.7 Å². The lowest BCUT2D eigenvalue weighted by molar-refractivity contribution is -0.130. The highest BCUT2D eigenvalue weighted by Crippen LogP contribution is 1.93. The van der Waals surface area contributed by atoms with Gasteiger partial charge in [-0.3, -0.25) is 9.59 Å². The van der Waals surface area contributed by atoms with Crippen LogP contribution in [-0.2, 0) is 9.59 Å². The third kappa shape index (κ3) is 6.90. The minimum absolute atomic E-state index is 0.0593. The predicted octanol–water partition coefficient (Wildman–Crippen LogP) is -0.292. The van der Waals surface area contributed by atoms with E-state index in [4.69, 9.17) is 5.73 Å². The topological polar surface area (TPSA) is 75.4 Å². The summed E-state index contributed by atoms with van der Waals surface area (Å²) in [6, 6.07) is 0.213. The maximum absolute atomic E-state index is 11.5. The van der Waals surface area contributed by atoms with E-state index in [0.717, 1.165) is 0 Å². The number of rotatable bonds is 7. The SMILES string of the molecule is CC(C)N(C)C(=O)CNCCCC(N)=O. The second-order valence-corrected chi connectivity index (χ2v) is 3.85. The van der Waals surface area contributed by atoms with Crippen LogP contribution in [0.15, 0.2) is 0 Å². The number of nitrogens with one attached hydrogen (secondary N) is 1. The minimum atomic E-state index is -0.303. The molecule has 0 aliphatic carbocycles. The number of hydrogen-bond donors (Lipinski definition) is 2. The molecule has 5 nitrogen and oxygen atoms in total. The van der Waals surface area contributed by atoms with Crippen molar-refractivity contribution >= 4 is 11.8 Å². The molecule has 88 valence electrons. The van der Waals surface area contributed by atoms with Crippen molar-refractivity contribution in [2.24, 2.45) is 5.73 Å². The lowest BCUT2D eigenvalue weighted by atomic mass is 10.3. The van der Waals surface area contributed by atoms with Crippen molar-refractivity contribution in [3.05, 3.63) is 0 Å². The summed E-state index contributed by atoms with van der Waals surface area (Å²) >= 11 is 0. The highest BCUT2D eigenvalue weighted by molar-refractivity contribution is 5.78. The molecule has 0 fully saturated rings. The first kappa shape index (κ1) is 13.9. The summed E-state index contributed by atoms with van der Waals surface area (Å²) in [5, 5.41) is 2.98. The third-order valence-electron chi connectivity index (χ3n) is 2.22. The Morgan fingerprint density at radius 3 is 2.47 bits per heavy atom. The van der Waals surface area contributed by atoms with Crippen LogP contribution in [0.4, 0.5) is 0 Å². The van der Waals surface area contributed by atoms with Crippen LogP contribution in [0.3, 0.4) is 0 Å². The third-order valence-corrected chi connectivity index (χ3v) is 2.22. The number of nitrogens with zero attached hydrogens (tertiary/aromatic N) is 1. The lowest BCUT2D eigenvalue weighted by Gasteiger charge is -2.21. The fourth-order valence-corrected chi connectivity index (χ4v) is 0.996. The van der Waals surface area contributed by atoms with Crippen LogP contribution in [0, 0.1) is 0 Å². The molecule has 15 heavy (non-hydrogen) atoms. The molecule has 3 N–H and O–H groups in total. The molecule has 0 aliphatic rings. The fraction of sp³-hybridized carbons (Fsp3) is 0.800. The van der Waals surface area contributed by atoms with E-state index in [9.17, 15) is 9.59 Å². The van der Waals surface area contributed by atoms with Crippen LogP contribution in [0.1, 0.15) is 26.7 Å². The Morgan fingerprint density at radius 1 is 1.40 bits per heavy atom. The van der Waals surface area contributed by atoms with Crippen molar-refractivity contribution in [1.29, 1.82) is 0 Å². The Labute approximate surface area is 91.0 Å². The van der Waals surface area contributed by atoms with Gasteiger partial charge in [-0.15, -0.1) is 0 Å². The molecule has 2 amide bonds. The van der Waals surface area contributed by atoms with E-state index in [1.54, 1.807) is 11.9 Å². The summed E-state index contributed by atoms with van der Waals surface area (Å²) in [6.07, 6.45) is 1.04. The maximum Gasteiger partial charge on any atom is 0.236 e. The maximum atomic E-state index is 11.5. The van der Waals surface area contributed by atoms with E-state index in [1.165, 1.54) is 0 Å². The van der Waals surface area contributed by atoms with Gasteiger partial charge in [-0.05, 0) is 26.8 Å². The second kappa shape index (κ2) is 7.23. The van der Waals surface area contributed by atoms with Gasteiger partial charge >= 0.3 is 0 Å². The predicted molar refractivity (Wildman–Crippen MR) is 59.2 cm³/mol. The largest absolute Gasteiger partial charge is 0.370 e. The number of hydrogen-bond acceptors (Lipinski definition) is 3. The van der Waals surface area contributed by atoms with Gasteiger partial charge in [0, 0.05) is 19.5 Å². The highest BCUT2D eigenvalue weighted by atomic mass is 16.2. The number of amides is 2. The summed E-state index contributed by atoms with van der Waals surface area (Å²) in [5.74, 6) is -0.244. The molecule has 0 saturated carbocycles. The number of nitrogens with two attached hydrogens (primary N) is 1. The number of carbonyl (C=O) groups is 2. The molecule has 5 heteroatoms. The van der Waals surface area contributed by atoms with Gasteiger partial charge in [0.05, 0.1) is 6.54 Å². The van der Waals surface area contributed by atoms with Gasteiger partial charge in [0.25, 0.3) is 0 Å². The normalized spacial score (nSPS) is 10.4. The zero-order valence-corrected chi connectivity index (χ0v) is 9.75. The number of carbonyl (C=O) groups excluding carboxylic acids is 2. The molecule has 0 radical (unpaired) electrons. The van der Waals surface area contributed by atoms with Crippen LogP contribution < -0.4 is 11.1 Å². The van der Waals surface area contributed by atoms with Crippen LogP contribution in [-0.4, -0.2) is 42.9 Å². The van der Waals surface area contributed by atoms with Crippen molar-refractivity contribution < 1.29 is 9.59 Å². The minimum Gasteiger partial charge on any atom is -0.370 e. The summed E-state index contributed by atoms with van der Waals surface area (Å²) in [6.45, 7) is 4.88. The monoisotopic (exact) mass is 215 g/mol. The summed E-state index contributed by atoms with van der Waals surface area (Å²) in [4.78, 5) is 23.5. The first-order chi connectivity index (χ1) is 6.95. The van der Waals surface area contributed by atoms with Gasteiger partial charge in [0.15, 0.2) is 0 Å². The standard InChI is InChI=1S/C10H21N3O2/c1-8(2)13(3)10(15)7-12-6-4-5-9(11)14/h8,12H,4-7H2,1-3H3,(H2,11,14). The molecule has 0 heterocycles. The molecule has 0 aliphatic heterocycles. The molecule has 0 unspecified atom stereocenters. The van der Waals surface area contributed by atoms with Gasteiger partial charge in [-0.25, -0.2) is 0 Å². The average Bonchev–Trinajstić information content (AvgIpc) is 2.15. The zero-order chi connectivity index (χ0) is 11.8. The molecular weight excluding hydrogens is 194 g/mol. The van der Waals surface area contributed by atoms with Crippen molar-refractivity contribution in [2.75, 3.05) is 20.1 Å². The van der Waals surface area contributed by atoms with E-state index in [0.29, 0.717) is 25.9 Å². The van der Waals surface area contributed by atoms with E-state index < -0.39 is 0 Å². The number of primary amides is 1. The first-order valence-corrected chi connectivity index (χ1v) is 5.19. The quantitative estimate of drug-likeness (QED) is 0.573. The van der Waals surface area contributed by atoms with Gasteiger partial charge in [-0.2, -0.15) is 0 Å². The highest BCUT2D eigenvalue weighted by Gasteiger charge is 2.10. The molecule has 0 spiro atoms. The molecular formula is C10H21N3O2. The lowest BCUT2D eigenvalue weighted by Crippen LogP contribution is -2.39. The van der Waals surface area contributed by atoms with Crippen LogP contribution in [0.25, 0.3) is 0 Å². The molecule has 0 aromatic carbocycles. The average molecular weight is 215 g/mol. The Morgan fingerprint density at radius 2 is 2.00 bits per heavy atom. The molecule has 0 aromatic heterocycles. The zero-order valence-electron chi connectivity index (χ0n) is 9.75. The van der Waals surface area contributed by atoms with Gasteiger partial charge in [0.1, 0.15) is 0 Å². The van der Waals surface area contributed by atoms with Gasteiger partial charge < -0.3 is 16.0 Å². The fourth-order valence-electron chi connectivity index (χ4n) is 0.996. The van der Waals surface area contributed by atoms with E-state index in [-0.39, 0.29) is 17.9 Å². The Balaban J connectivity index is 3.51. The summed E-state index contributed by atoms with van der Waals surface area (Å²) in [7, 11) is 1.78. The Hall–Kier alpha value is -1.10. The first-order valence-electron chi connectivity index (χ1n) is 5.19. The Kier molecular flexibility index (Phi) is 6.70. The van der Waals surface area contributed by atoms with Crippen LogP contribution in [0.2, 0.25) is 0 Å².